The monoisotopic (exact) mass is 382 g/mol. The first-order valence-corrected chi connectivity index (χ1v) is 9.61. The maximum absolute atomic E-state index is 12.7. The van der Waals surface area contributed by atoms with Crippen LogP contribution in [0.2, 0.25) is 0 Å². The van der Waals surface area contributed by atoms with Crippen molar-refractivity contribution in [1.82, 2.24) is 5.32 Å². The van der Waals surface area contributed by atoms with Crippen molar-refractivity contribution in [3.05, 3.63) is 58.7 Å². The Kier molecular flexibility index (Phi) is 7.21. The molecule has 0 saturated heterocycles. The van der Waals surface area contributed by atoms with E-state index in [0.29, 0.717) is 29.5 Å². The van der Waals surface area contributed by atoms with Crippen LogP contribution in [0, 0.1) is 26.7 Å². The fourth-order valence-electron chi connectivity index (χ4n) is 2.78. The van der Waals surface area contributed by atoms with E-state index in [-0.39, 0.29) is 11.8 Å². The van der Waals surface area contributed by atoms with E-state index in [4.69, 9.17) is 4.74 Å². The van der Waals surface area contributed by atoms with Gasteiger partial charge in [-0.3, -0.25) is 9.59 Å². The third kappa shape index (κ3) is 5.59. The van der Waals surface area contributed by atoms with E-state index in [1.54, 1.807) is 31.2 Å². The van der Waals surface area contributed by atoms with Gasteiger partial charge in [0.25, 0.3) is 11.8 Å². The summed E-state index contributed by atoms with van der Waals surface area (Å²) in [5.41, 5.74) is 4.12. The van der Waals surface area contributed by atoms with Gasteiger partial charge in [-0.1, -0.05) is 32.0 Å². The second kappa shape index (κ2) is 9.40. The molecular weight excluding hydrogens is 352 g/mol. The van der Waals surface area contributed by atoms with Gasteiger partial charge in [-0.25, -0.2) is 0 Å². The average molecular weight is 383 g/mol. The summed E-state index contributed by atoms with van der Waals surface area (Å²) in [4.78, 5) is 25.1. The summed E-state index contributed by atoms with van der Waals surface area (Å²) in [7, 11) is 0. The van der Waals surface area contributed by atoms with Crippen molar-refractivity contribution in [2.45, 2.75) is 47.6 Å². The summed E-state index contributed by atoms with van der Waals surface area (Å²) >= 11 is 0. The number of carbonyl (C=O) groups is 2. The first kappa shape index (κ1) is 21.5. The minimum Gasteiger partial charge on any atom is -0.481 e. The van der Waals surface area contributed by atoms with Gasteiger partial charge < -0.3 is 15.4 Å². The minimum absolute atomic E-state index is 0.205. The number of benzene rings is 2. The average Bonchev–Trinajstić information content (AvgIpc) is 2.64. The lowest BCUT2D eigenvalue weighted by atomic mass is 10.1. The fourth-order valence-corrected chi connectivity index (χ4v) is 2.78. The predicted octanol–water partition coefficient (Wildman–Crippen LogP) is 4.40. The topological polar surface area (TPSA) is 67.4 Å². The summed E-state index contributed by atoms with van der Waals surface area (Å²) in [6.07, 6.45) is -0.702. The molecule has 0 fully saturated rings. The van der Waals surface area contributed by atoms with Crippen molar-refractivity contribution in [1.29, 1.82) is 0 Å². The van der Waals surface area contributed by atoms with Crippen LogP contribution in [-0.2, 0) is 4.79 Å². The molecule has 2 aromatic rings. The van der Waals surface area contributed by atoms with Crippen molar-refractivity contribution in [3.63, 3.8) is 0 Å². The van der Waals surface area contributed by atoms with Gasteiger partial charge >= 0.3 is 0 Å². The van der Waals surface area contributed by atoms with Crippen LogP contribution in [0.5, 0.6) is 5.75 Å². The summed E-state index contributed by atoms with van der Waals surface area (Å²) in [6.45, 7) is 12.3. The zero-order chi connectivity index (χ0) is 20.8. The Labute approximate surface area is 167 Å². The second-order valence-corrected chi connectivity index (χ2v) is 7.60. The molecule has 150 valence electrons. The summed E-state index contributed by atoms with van der Waals surface area (Å²) in [5.74, 6) is 0.536. The third-order valence-electron chi connectivity index (χ3n) is 4.54. The summed E-state index contributed by atoms with van der Waals surface area (Å²) < 4.78 is 5.91. The van der Waals surface area contributed by atoms with Crippen LogP contribution in [-0.4, -0.2) is 24.5 Å². The van der Waals surface area contributed by atoms with E-state index in [2.05, 4.69) is 16.7 Å². The predicted molar refractivity (Wildman–Crippen MR) is 113 cm³/mol. The molecule has 1 atom stereocenters. The van der Waals surface area contributed by atoms with Crippen LogP contribution in [0.3, 0.4) is 0 Å². The maximum atomic E-state index is 12.7. The molecule has 0 spiro atoms. The number of hydrogen-bond donors (Lipinski definition) is 2. The number of aryl methyl sites for hydroxylation is 2. The lowest BCUT2D eigenvalue weighted by Crippen LogP contribution is -2.32. The number of nitrogens with one attached hydrogen (secondary N) is 2. The Bertz CT molecular complexity index is 859. The Morgan fingerprint density at radius 3 is 2.39 bits per heavy atom. The molecule has 2 amide bonds. The fraction of sp³-hybridized carbons (Fsp3) is 0.391. The van der Waals surface area contributed by atoms with Gasteiger partial charge in [0.05, 0.1) is 11.3 Å². The van der Waals surface area contributed by atoms with Crippen molar-refractivity contribution < 1.29 is 14.3 Å². The lowest BCUT2D eigenvalue weighted by Gasteiger charge is -2.19. The number of para-hydroxylation sites is 1. The Morgan fingerprint density at radius 2 is 1.71 bits per heavy atom. The molecule has 2 N–H and O–H groups in total. The van der Waals surface area contributed by atoms with E-state index in [1.165, 1.54) is 0 Å². The lowest BCUT2D eigenvalue weighted by molar-refractivity contribution is -0.122. The van der Waals surface area contributed by atoms with Crippen LogP contribution in [0.25, 0.3) is 0 Å². The molecule has 28 heavy (non-hydrogen) atoms. The van der Waals surface area contributed by atoms with Gasteiger partial charge in [-0.05, 0) is 68.5 Å². The molecule has 0 saturated carbocycles. The third-order valence-corrected chi connectivity index (χ3v) is 4.54. The quantitative estimate of drug-likeness (QED) is 0.746. The highest BCUT2D eigenvalue weighted by Gasteiger charge is 2.19. The molecule has 0 unspecified atom stereocenters. The van der Waals surface area contributed by atoms with Gasteiger partial charge in [0.2, 0.25) is 0 Å². The minimum atomic E-state index is -0.702. The van der Waals surface area contributed by atoms with Crippen molar-refractivity contribution in [2.24, 2.45) is 5.92 Å². The van der Waals surface area contributed by atoms with Crippen LogP contribution in [0.15, 0.2) is 36.4 Å². The Morgan fingerprint density at radius 1 is 1.04 bits per heavy atom. The first-order valence-electron chi connectivity index (χ1n) is 9.61. The highest BCUT2D eigenvalue weighted by atomic mass is 16.5. The van der Waals surface area contributed by atoms with E-state index >= 15 is 0 Å². The molecule has 0 aromatic heterocycles. The molecular formula is C23H30N2O3. The van der Waals surface area contributed by atoms with Gasteiger partial charge in [0.15, 0.2) is 6.10 Å². The highest BCUT2D eigenvalue weighted by molar-refractivity contribution is 6.04. The van der Waals surface area contributed by atoms with Crippen LogP contribution in [0.4, 0.5) is 5.69 Å². The summed E-state index contributed by atoms with van der Waals surface area (Å²) in [5, 5.41) is 5.70. The molecule has 0 aliphatic carbocycles. The van der Waals surface area contributed by atoms with E-state index in [1.807, 2.05) is 40.7 Å². The number of carbonyl (C=O) groups excluding carboxylic acids is 2. The number of ether oxygens (including phenoxy) is 1. The normalized spacial score (nSPS) is 11.8. The number of hydrogen-bond acceptors (Lipinski definition) is 3. The smallest absolute Gasteiger partial charge is 0.265 e. The molecule has 0 radical (unpaired) electrons. The van der Waals surface area contributed by atoms with Crippen LogP contribution in [0.1, 0.15) is 47.8 Å². The molecule has 2 aromatic carbocycles. The van der Waals surface area contributed by atoms with Crippen LogP contribution < -0.4 is 15.4 Å². The van der Waals surface area contributed by atoms with Crippen LogP contribution >= 0.6 is 0 Å². The molecule has 5 nitrogen and oxygen atoms in total. The standard InChI is InChI=1S/C23H30N2O3/c1-14(2)13-24-23(27)19-9-7-8-10-20(19)25-22(26)18(6)28-21-12-15(3)11-16(4)17(21)5/h7-12,14,18H,13H2,1-6H3,(H,24,27)(H,25,26)/t18-/m0/s1. The van der Waals surface area contributed by atoms with Crippen molar-refractivity contribution >= 4 is 17.5 Å². The van der Waals surface area contributed by atoms with Gasteiger partial charge in [0, 0.05) is 6.54 Å². The SMILES string of the molecule is Cc1cc(C)c(C)c(O[C@@H](C)C(=O)Nc2ccccc2C(=O)NCC(C)C)c1. The van der Waals surface area contributed by atoms with E-state index in [9.17, 15) is 9.59 Å². The molecule has 0 aliphatic rings. The first-order chi connectivity index (χ1) is 13.2. The highest BCUT2D eigenvalue weighted by Crippen LogP contribution is 2.25. The second-order valence-electron chi connectivity index (χ2n) is 7.60. The molecule has 0 heterocycles. The number of anilines is 1. The summed E-state index contributed by atoms with van der Waals surface area (Å²) in [6, 6.07) is 11.0. The van der Waals surface area contributed by atoms with Gasteiger partial charge in [-0.15, -0.1) is 0 Å². The largest absolute Gasteiger partial charge is 0.481 e. The molecule has 5 heteroatoms. The number of rotatable bonds is 7. The zero-order valence-corrected chi connectivity index (χ0v) is 17.6. The van der Waals surface area contributed by atoms with Crippen molar-refractivity contribution in [2.75, 3.05) is 11.9 Å². The Hall–Kier alpha value is -2.82. The molecule has 0 bridgehead atoms. The molecule has 0 aliphatic heterocycles. The van der Waals surface area contributed by atoms with Crippen molar-refractivity contribution in [3.8, 4) is 5.75 Å². The maximum Gasteiger partial charge on any atom is 0.265 e. The van der Waals surface area contributed by atoms with E-state index < -0.39 is 6.10 Å². The Balaban J connectivity index is 2.11. The number of amides is 2. The van der Waals surface area contributed by atoms with Gasteiger partial charge in [-0.2, -0.15) is 0 Å². The molecule has 2 rings (SSSR count). The zero-order valence-electron chi connectivity index (χ0n) is 17.6. The van der Waals surface area contributed by atoms with Gasteiger partial charge in [0.1, 0.15) is 5.75 Å². The van der Waals surface area contributed by atoms with E-state index in [0.717, 1.165) is 16.7 Å².